The molecule has 0 amide bonds. The summed E-state index contributed by atoms with van der Waals surface area (Å²) in [6.45, 7) is 4.83. The Labute approximate surface area is 206 Å². The molecule has 2 aromatic heterocycles. The maximum Gasteiger partial charge on any atom is 0.335 e. The Balaban J connectivity index is 1.21. The molecule has 0 atom stereocenters. The number of likely N-dealkylation sites (N-methyl/N-ethyl adjacent to an activating group) is 1. The van der Waals surface area contributed by atoms with Crippen LogP contribution in [0.2, 0.25) is 0 Å². The fraction of sp³-hybridized carbons (Fsp3) is 0.357. The van der Waals surface area contributed by atoms with Crippen LogP contribution in [0.1, 0.15) is 40.4 Å². The molecule has 3 N–H and O–H groups in total. The number of aromatic nitrogens is 2. The first-order valence-electron chi connectivity index (χ1n) is 12.4. The molecule has 0 spiro atoms. The van der Waals surface area contributed by atoms with E-state index in [1.165, 1.54) is 22.2 Å². The minimum atomic E-state index is -0.887. The summed E-state index contributed by atoms with van der Waals surface area (Å²) in [4.78, 5) is 24.2. The number of carboxylic acids is 1. The van der Waals surface area contributed by atoms with Crippen molar-refractivity contribution in [3.8, 4) is 0 Å². The number of H-pyrrole nitrogens is 1. The highest BCUT2D eigenvalue weighted by molar-refractivity contribution is 5.89. The van der Waals surface area contributed by atoms with Crippen LogP contribution < -0.4 is 10.2 Å². The molecule has 5 rings (SSSR count). The molecular weight excluding hydrogens is 438 g/mol. The standard InChI is InChI=1S/C28H33N5O2/c1-32(23-7-4-5-21(17-23)28(34)35)15-16-33-13-9-20(10-14-33)24-19-31-25-8-12-30-26(27(24)25)18-22-6-2-3-11-29-22/h2-8,12,17,19-20,29,31H,9-11,13-16,18H2,1H3,(H,34,35). The molecule has 0 aliphatic carbocycles. The number of benzene rings is 1. The molecule has 3 aromatic rings. The van der Waals surface area contributed by atoms with Gasteiger partial charge in [0.15, 0.2) is 0 Å². The molecule has 0 unspecified atom stereocenters. The highest BCUT2D eigenvalue weighted by Crippen LogP contribution is 2.35. The van der Waals surface area contributed by atoms with Gasteiger partial charge in [-0.3, -0.25) is 4.98 Å². The fourth-order valence-electron chi connectivity index (χ4n) is 5.20. The van der Waals surface area contributed by atoms with Gasteiger partial charge in [0.2, 0.25) is 0 Å². The van der Waals surface area contributed by atoms with E-state index >= 15 is 0 Å². The molecular formula is C28H33N5O2. The van der Waals surface area contributed by atoms with E-state index < -0.39 is 5.97 Å². The van der Waals surface area contributed by atoms with Crippen LogP contribution in [0.3, 0.4) is 0 Å². The molecule has 1 fully saturated rings. The van der Waals surface area contributed by atoms with Crippen LogP contribution in [0, 0.1) is 0 Å². The Morgan fingerprint density at radius 3 is 2.89 bits per heavy atom. The molecule has 2 aliphatic heterocycles. The number of rotatable bonds is 8. The van der Waals surface area contributed by atoms with Crippen LogP contribution in [0.5, 0.6) is 0 Å². The zero-order valence-corrected chi connectivity index (χ0v) is 20.2. The van der Waals surface area contributed by atoms with Crippen molar-refractivity contribution >= 4 is 22.6 Å². The molecule has 7 heteroatoms. The highest BCUT2D eigenvalue weighted by Gasteiger charge is 2.24. The Morgan fingerprint density at radius 1 is 1.26 bits per heavy atom. The van der Waals surface area contributed by atoms with E-state index in [1.807, 2.05) is 25.4 Å². The van der Waals surface area contributed by atoms with Crippen LogP contribution in [0.4, 0.5) is 5.69 Å². The van der Waals surface area contributed by atoms with E-state index in [2.05, 4.69) is 50.6 Å². The first-order valence-corrected chi connectivity index (χ1v) is 12.4. The van der Waals surface area contributed by atoms with Crippen molar-refractivity contribution in [2.75, 3.05) is 44.7 Å². The molecule has 0 bridgehead atoms. The maximum atomic E-state index is 11.3. The number of carbonyl (C=O) groups is 1. The second kappa shape index (κ2) is 10.4. The quantitative estimate of drug-likeness (QED) is 0.458. The highest BCUT2D eigenvalue weighted by atomic mass is 16.4. The second-order valence-corrected chi connectivity index (χ2v) is 9.49. The van der Waals surface area contributed by atoms with Gasteiger partial charge in [0.25, 0.3) is 0 Å². The van der Waals surface area contributed by atoms with E-state index in [-0.39, 0.29) is 0 Å². The lowest BCUT2D eigenvalue weighted by molar-refractivity contribution is 0.0697. The van der Waals surface area contributed by atoms with Gasteiger partial charge in [-0.2, -0.15) is 0 Å². The Bertz CT molecular complexity index is 1250. The van der Waals surface area contributed by atoms with E-state index in [0.29, 0.717) is 11.5 Å². The van der Waals surface area contributed by atoms with Crippen LogP contribution in [-0.2, 0) is 6.42 Å². The zero-order chi connectivity index (χ0) is 24.2. The number of piperidine rings is 1. The summed E-state index contributed by atoms with van der Waals surface area (Å²) in [5.74, 6) is -0.359. The van der Waals surface area contributed by atoms with Crippen molar-refractivity contribution in [2.24, 2.45) is 0 Å². The number of anilines is 1. The smallest absolute Gasteiger partial charge is 0.335 e. The molecule has 1 aromatic carbocycles. The van der Waals surface area contributed by atoms with E-state index in [9.17, 15) is 9.90 Å². The topological polar surface area (TPSA) is 84.5 Å². The zero-order valence-electron chi connectivity index (χ0n) is 20.2. The second-order valence-electron chi connectivity index (χ2n) is 9.49. The number of hydrogen-bond acceptors (Lipinski definition) is 5. The van der Waals surface area contributed by atoms with Gasteiger partial charge in [-0.05, 0) is 67.8 Å². The van der Waals surface area contributed by atoms with Gasteiger partial charge in [0.05, 0.1) is 11.3 Å². The number of hydrogen-bond donors (Lipinski definition) is 3. The Morgan fingerprint density at radius 2 is 2.11 bits per heavy atom. The summed E-state index contributed by atoms with van der Waals surface area (Å²) in [5, 5.41) is 14.0. The van der Waals surface area contributed by atoms with E-state index in [4.69, 9.17) is 4.98 Å². The average Bonchev–Trinajstić information content (AvgIpc) is 3.33. The van der Waals surface area contributed by atoms with Crippen molar-refractivity contribution < 1.29 is 9.90 Å². The normalized spacial score (nSPS) is 16.8. The van der Waals surface area contributed by atoms with Gasteiger partial charge in [0.1, 0.15) is 0 Å². The van der Waals surface area contributed by atoms with Gasteiger partial charge in [0, 0.05) is 67.8 Å². The lowest BCUT2D eigenvalue weighted by Gasteiger charge is -2.33. The summed E-state index contributed by atoms with van der Waals surface area (Å²) in [6, 6.07) is 9.23. The molecule has 7 nitrogen and oxygen atoms in total. The van der Waals surface area contributed by atoms with Gasteiger partial charge >= 0.3 is 5.97 Å². The summed E-state index contributed by atoms with van der Waals surface area (Å²) < 4.78 is 0. The molecule has 182 valence electrons. The fourth-order valence-corrected chi connectivity index (χ4v) is 5.20. The lowest BCUT2D eigenvalue weighted by atomic mass is 9.88. The number of pyridine rings is 1. The summed E-state index contributed by atoms with van der Waals surface area (Å²) >= 11 is 0. The largest absolute Gasteiger partial charge is 0.478 e. The number of aromatic carboxylic acids is 1. The third-order valence-corrected chi connectivity index (χ3v) is 7.25. The van der Waals surface area contributed by atoms with Crippen LogP contribution >= 0.6 is 0 Å². The molecule has 2 aliphatic rings. The van der Waals surface area contributed by atoms with Crippen molar-refractivity contribution in [1.82, 2.24) is 20.2 Å². The first-order chi connectivity index (χ1) is 17.1. The van der Waals surface area contributed by atoms with Crippen LogP contribution in [0.25, 0.3) is 10.9 Å². The minimum absolute atomic E-state index is 0.328. The predicted molar refractivity (Wildman–Crippen MR) is 140 cm³/mol. The molecule has 0 saturated carbocycles. The molecule has 0 radical (unpaired) electrons. The molecule has 4 heterocycles. The summed E-state index contributed by atoms with van der Waals surface area (Å²) in [6.07, 6.45) is 13.6. The molecule has 35 heavy (non-hydrogen) atoms. The third-order valence-electron chi connectivity index (χ3n) is 7.25. The number of dihydropyridines is 1. The predicted octanol–water partition coefficient (Wildman–Crippen LogP) is 4.16. The van der Waals surface area contributed by atoms with Crippen molar-refractivity contribution in [2.45, 2.75) is 25.2 Å². The van der Waals surface area contributed by atoms with E-state index in [1.54, 1.807) is 12.1 Å². The summed E-state index contributed by atoms with van der Waals surface area (Å²) in [5.41, 5.74) is 6.20. The number of nitrogens with one attached hydrogen (secondary N) is 2. The number of allylic oxidation sites excluding steroid dienone is 3. The lowest BCUT2D eigenvalue weighted by Crippen LogP contribution is -2.38. The van der Waals surface area contributed by atoms with Crippen molar-refractivity contribution in [1.29, 1.82) is 0 Å². The number of likely N-dealkylation sites (tertiary alicyclic amines) is 1. The van der Waals surface area contributed by atoms with Gasteiger partial charge < -0.3 is 25.2 Å². The third kappa shape index (κ3) is 5.25. The van der Waals surface area contributed by atoms with Crippen molar-refractivity contribution in [3.63, 3.8) is 0 Å². The average molecular weight is 472 g/mol. The molecule has 1 saturated heterocycles. The number of nitrogens with zero attached hydrogens (tertiary/aromatic N) is 3. The number of aromatic amines is 1. The van der Waals surface area contributed by atoms with Crippen LogP contribution in [0.15, 0.2) is 66.7 Å². The van der Waals surface area contributed by atoms with Gasteiger partial charge in [-0.25, -0.2) is 4.79 Å². The Hall–Kier alpha value is -3.58. The van der Waals surface area contributed by atoms with Crippen molar-refractivity contribution in [3.05, 3.63) is 83.5 Å². The van der Waals surface area contributed by atoms with E-state index in [0.717, 1.165) is 63.4 Å². The van der Waals surface area contributed by atoms with Gasteiger partial charge in [-0.15, -0.1) is 0 Å². The summed E-state index contributed by atoms with van der Waals surface area (Å²) in [7, 11) is 2.03. The monoisotopic (exact) mass is 471 g/mol. The number of fused-ring (bicyclic) bond motifs is 1. The number of carboxylic acid groups (broad SMARTS) is 1. The Kier molecular flexibility index (Phi) is 6.86. The SMILES string of the molecule is CN(CCN1CCC(c2c[nH]c3ccnc(CC4=CC=CCN4)c23)CC1)c1cccc(C(=O)O)c1. The van der Waals surface area contributed by atoms with Crippen LogP contribution in [-0.4, -0.2) is 65.7 Å². The minimum Gasteiger partial charge on any atom is -0.478 e. The maximum absolute atomic E-state index is 11.3. The first kappa shape index (κ1) is 23.2. The van der Waals surface area contributed by atoms with Gasteiger partial charge in [-0.1, -0.05) is 18.2 Å².